The summed E-state index contributed by atoms with van der Waals surface area (Å²) in [6.07, 6.45) is 2.65. The molecule has 140 valence electrons. The van der Waals surface area contributed by atoms with Crippen LogP contribution in [0.1, 0.15) is 23.3 Å². The van der Waals surface area contributed by atoms with Gasteiger partial charge in [0.15, 0.2) is 0 Å². The lowest BCUT2D eigenvalue weighted by Gasteiger charge is -2.28. The third-order valence-corrected chi connectivity index (χ3v) is 5.53. The van der Waals surface area contributed by atoms with E-state index in [4.69, 9.17) is 10.5 Å². The van der Waals surface area contributed by atoms with E-state index in [0.29, 0.717) is 25.2 Å². The average molecular weight is 374 g/mol. The Morgan fingerprint density at radius 1 is 1.35 bits per heavy atom. The average Bonchev–Trinajstić information content (AvgIpc) is 3.28. The maximum Gasteiger partial charge on any atom is 0.228 e. The van der Waals surface area contributed by atoms with Gasteiger partial charge in [0.2, 0.25) is 5.91 Å². The fourth-order valence-electron chi connectivity index (χ4n) is 3.34. The van der Waals surface area contributed by atoms with E-state index in [0.717, 1.165) is 35.6 Å². The van der Waals surface area contributed by atoms with Crippen LogP contribution in [0.25, 0.3) is 0 Å². The van der Waals surface area contributed by atoms with Crippen molar-refractivity contribution in [3.8, 4) is 0 Å². The maximum absolute atomic E-state index is 13.0. The lowest BCUT2D eigenvalue weighted by Crippen LogP contribution is -2.38. The van der Waals surface area contributed by atoms with Gasteiger partial charge in [-0.3, -0.25) is 4.79 Å². The number of carbonyl (C=O) groups is 1. The zero-order valence-corrected chi connectivity index (χ0v) is 16.3. The minimum absolute atomic E-state index is 0.131. The third kappa shape index (κ3) is 4.77. The monoisotopic (exact) mass is 373 g/mol. The summed E-state index contributed by atoms with van der Waals surface area (Å²) in [7, 11) is 4.01. The van der Waals surface area contributed by atoms with Gasteiger partial charge in [-0.15, -0.1) is 11.3 Å². The van der Waals surface area contributed by atoms with Crippen LogP contribution in [0.3, 0.4) is 0 Å². The van der Waals surface area contributed by atoms with Crippen LogP contribution >= 0.6 is 11.3 Å². The highest BCUT2D eigenvalue weighted by atomic mass is 32.1. The van der Waals surface area contributed by atoms with Crippen LogP contribution in [-0.4, -0.2) is 44.2 Å². The fourth-order valence-corrected chi connectivity index (χ4v) is 4.03. The van der Waals surface area contributed by atoms with Crippen molar-refractivity contribution >= 4 is 28.6 Å². The number of nitrogens with zero attached hydrogens (tertiary/aromatic N) is 2. The Morgan fingerprint density at radius 2 is 2.19 bits per heavy atom. The first kappa shape index (κ1) is 18.7. The van der Waals surface area contributed by atoms with E-state index in [1.54, 1.807) is 11.3 Å². The number of hydrogen-bond acceptors (Lipinski definition) is 5. The van der Waals surface area contributed by atoms with Gasteiger partial charge in [0.25, 0.3) is 0 Å². The second-order valence-electron chi connectivity index (χ2n) is 6.95. The number of nitrogen functional groups attached to an aromatic ring is 1. The van der Waals surface area contributed by atoms with Crippen LogP contribution in [0.2, 0.25) is 0 Å². The standard InChI is InChI=1S/C20H27N3O2S/c1-22(2)19-8-7-16(21)11-15(19)13-23(14-17-5-3-9-25-17)20(24)12-18-6-4-10-26-18/h4,6-8,10-11,17H,3,5,9,12-14,21H2,1-2H3. The lowest BCUT2D eigenvalue weighted by molar-refractivity contribution is -0.132. The molecule has 5 nitrogen and oxygen atoms in total. The number of benzene rings is 1. The molecule has 0 bridgehead atoms. The van der Waals surface area contributed by atoms with E-state index < -0.39 is 0 Å². The van der Waals surface area contributed by atoms with E-state index in [2.05, 4.69) is 4.90 Å². The first-order valence-corrected chi connectivity index (χ1v) is 9.88. The number of rotatable bonds is 7. The van der Waals surface area contributed by atoms with Crippen molar-refractivity contribution in [3.63, 3.8) is 0 Å². The number of anilines is 2. The normalized spacial score (nSPS) is 16.6. The molecular formula is C20H27N3O2S. The van der Waals surface area contributed by atoms with E-state index >= 15 is 0 Å². The molecule has 1 aromatic carbocycles. The van der Waals surface area contributed by atoms with Gasteiger partial charge in [-0.05, 0) is 48.1 Å². The van der Waals surface area contributed by atoms with Crippen LogP contribution in [0.5, 0.6) is 0 Å². The van der Waals surface area contributed by atoms with Crippen LogP contribution in [0.15, 0.2) is 35.7 Å². The summed E-state index contributed by atoms with van der Waals surface area (Å²) in [4.78, 5) is 18.1. The number of amides is 1. The summed E-state index contributed by atoms with van der Waals surface area (Å²) >= 11 is 1.62. The van der Waals surface area contributed by atoms with Crippen molar-refractivity contribution in [2.24, 2.45) is 0 Å². The second-order valence-corrected chi connectivity index (χ2v) is 7.98. The molecule has 0 aliphatic carbocycles. The number of thiophene rings is 1. The van der Waals surface area contributed by atoms with Gasteiger partial charge in [-0.1, -0.05) is 6.07 Å². The van der Waals surface area contributed by atoms with Gasteiger partial charge >= 0.3 is 0 Å². The molecule has 1 aromatic heterocycles. The Labute approximate surface area is 159 Å². The summed E-state index contributed by atoms with van der Waals surface area (Å²) in [5.41, 5.74) is 8.87. The van der Waals surface area contributed by atoms with Crippen LogP contribution in [0.4, 0.5) is 11.4 Å². The summed E-state index contributed by atoms with van der Waals surface area (Å²) in [5, 5.41) is 2.01. The van der Waals surface area contributed by atoms with E-state index in [1.807, 2.05) is 54.7 Å². The highest BCUT2D eigenvalue weighted by Gasteiger charge is 2.24. The molecule has 0 saturated carbocycles. The first-order valence-electron chi connectivity index (χ1n) is 9.00. The topological polar surface area (TPSA) is 58.8 Å². The number of ether oxygens (including phenoxy) is 1. The highest BCUT2D eigenvalue weighted by molar-refractivity contribution is 7.10. The summed E-state index contributed by atoms with van der Waals surface area (Å²) in [6.45, 7) is 1.97. The summed E-state index contributed by atoms with van der Waals surface area (Å²) in [6, 6.07) is 9.88. The lowest BCUT2D eigenvalue weighted by atomic mass is 10.1. The van der Waals surface area contributed by atoms with Crippen LogP contribution < -0.4 is 10.6 Å². The van der Waals surface area contributed by atoms with Crippen LogP contribution in [-0.2, 0) is 22.5 Å². The molecule has 2 heterocycles. The highest BCUT2D eigenvalue weighted by Crippen LogP contribution is 2.25. The quantitative estimate of drug-likeness (QED) is 0.758. The molecule has 0 radical (unpaired) electrons. The molecule has 2 N–H and O–H groups in total. The smallest absolute Gasteiger partial charge is 0.228 e. The molecule has 2 aromatic rings. The van der Waals surface area contributed by atoms with Gasteiger partial charge in [0, 0.05) is 50.0 Å². The summed E-state index contributed by atoms with van der Waals surface area (Å²) in [5.74, 6) is 0.134. The summed E-state index contributed by atoms with van der Waals surface area (Å²) < 4.78 is 5.78. The minimum Gasteiger partial charge on any atom is -0.399 e. The number of carbonyl (C=O) groups excluding carboxylic acids is 1. The van der Waals surface area contributed by atoms with Crippen molar-refractivity contribution < 1.29 is 9.53 Å². The Morgan fingerprint density at radius 3 is 2.85 bits per heavy atom. The fraction of sp³-hybridized carbons (Fsp3) is 0.450. The zero-order chi connectivity index (χ0) is 18.5. The number of hydrogen-bond donors (Lipinski definition) is 1. The van der Waals surface area contributed by atoms with Gasteiger partial charge in [-0.25, -0.2) is 0 Å². The number of nitrogens with two attached hydrogens (primary N) is 1. The van der Waals surface area contributed by atoms with E-state index in [9.17, 15) is 4.79 Å². The largest absolute Gasteiger partial charge is 0.399 e. The van der Waals surface area contributed by atoms with Crippen molar-refractivity contribution in [2.75, 3.05) is 37.9 Å². The molecule has 1 aliphatic heterocycles. The minimum atomic E-state index is 0.131. The molecule has 6 heteroatoms. The van der Waals surface area contributed by atoms with Gasteiger partial charge in [-0.2, -0.15) is 0 Å². The van der Waals surface area contributed by atoms with Crippen LogP contribution in [0, 0.1) is 0 Å². The van der Waals surface area contributed by atoms with Crippen molar-refractivity contribution in [1.82, 2.24) is 4.90 Å². The zero-order valence-electron chi connectivity index (χ0n) is 15.5. The van der Waals surface area contributed by atoms with Crippen molar-refractivity contribution in [1.29, 1.82) is 0 Å². The van der Waals surface area contributed by atoms with E-state index in [-0.39, 0.29) is 12.0 Å². The predicted octanol–water partition coefficient (Wildman–Crippen LogP) is 3.15. The molecule has 1 unspecified atom stereocenters. The van der Waals surface area contributed by atoms with Gasteiger partial charge in [0.05, 0.1) is 12.5 Å². The molecule has 1 fully saturated rings. The van der Waals surface area contributed by atoms with Crippen molar-refractivity contribution in [2.45, 2.75) is 31.9 Å². The molecule has 0 spiro atoms. The molecule has 1 aliphatic rings. The third-order valence-electron chi connectivity index (χ3n) is 4.65. The molecule has 1 saturated heterocycles. The molecule has 1 atom stereocenters. The Balaban J connectivity index is 1.80. The Kier molecular flexibility index (Phi) is 6.16. The van der Waals surface area contributed by atoms with E-state index in [1.165, 1.54) is 0 Å². The maximum atomic E-state index is 13.0. The Bertz CT molecular complexity index is 725. The molecule has 26 heavy (non-hydrogen) atoms. The predicted molar refractivity (Wildman–Crippen MR) is 108 cm³/mol. The second kappa shape index (κ2) is 8.56. The van der Waals surface area contributed by atoms with Gasteiger partial charge in [0.1, 0.15) is 0 Å². The first-order chi connectivity index (χ1) is 12.5. The molecular weight excluding hydrogens is 346 g/mol. The molecule has 1 amide bonds. The molecule has 3 rings (SSSR count). The van der Waals surface area contributed by atoms with Crippen molar-refractivity contribution in [3.05, 3.63) is 46.2 Å². The van der Waals surface area contributed by atoms with Gasteiger partial charge < -0.3 is 20.3 Å². The SMILES string of the molecule is CN(C)c1ccc(N)cc1CN(CC1CCCO1)C(=O)Cc1cccs1. The Hall–Kier alpha value is -2.05.